The van der Waals surface area contributed by atoms with Crippen LogP contribution in [0, 0.1) is 0 Å². The van der Waals surface area contributed by atoms with Crippen molar-refractivity contribution in [2.45, 2.75) is 26.2 Å². The minimum atomic E-state index is -0.0979. The van der Waals surface area contributed by atoms with Crippen LogP contribution < -0.4 is 5.32 Å². The van der Waals surface area contributed by atoms with Crippen LogP contribution in [0.15, 0.2) is 40.9 Å². The Balaban J connectivity index is 2.04. The van der Waals surface area contributed by atoms with Crippen molar-refractivity contribution in [2.75, 3.05) is 11.9 Å². The minimum absolute atomic E-state index is 0.0884. The fourth-order valence-corrected chi connectivity index (χ4v) is 3.44. The van der Waals surface area contributed by atoms with Crippen LogP contribution in [0.5, 0.6) is 0 Å². The maximum atomic E-state index is 12.9. The molecule has 2 aromatic carbocycles. The van der Waals surface area contributed by atoms with Crippen LogP contribution in [0.25, 0.3) is 0 Å². The van der Waals surface area contributed by atoms with E-state index in [1.54, 1.807) is 24.3 Å². The summed E-state index contributed by atoms with van der Waals surface area (Å²) >= 11 is 3.43. The van der Waals surface area contributed by atoms with E-state index in [0.29, 0.717) is 26.7 Å². The predicted octanol–water partition coefficient (Wildman–Crippen LogP) is 4.83. The first-order valence-electron chi connectivity index (χ1n) is 7.90. The van der Waals surface area contributed by atoms with Crippen LogP contribution in [0.2, 0.25) is 0 Å². The molecule has 0 aromatic heterocycles. The standard InChI is InChI=1S/C19H18BrNO2/c1-2-3-6-11-21-15-10-9-14(20)16-17(15)19(23)13-8-5-4-7-12(13)18(16)22/h4-5,7-10,21H,2-3,6,11H2,1H3. The fraction of sp³-hybridized carbons (Fsp3) is 0.263. The Kier molecular flexibility index (Phi) is 4.62. The maximum Gasteiger partial charge on any atom is 0.196 e. The molecule has 3 nitrogen and oxygen atoms in total. The number of anilines is 1. The average molecular weight is 372 g/mol. The van der Waals surface area contributed by atoms with E-state index in [1.807, 2.05) is 12.1 Å². The lowest BCUT2D eigenvalue weighted by Crippen LogP contribution is -2.23. The third-order valence-electron chi connectivity index (χ3n) is 4.12. The van der Waals surface area contributed by atoms with E-state index < -0.39 is 0 Å². The largest absolute Gasteiger partial charge is 0.384 e. The monoisotopic (exact) mass is 371 g/mol. The van der Waals surface area contributed by atoms with Gasteiger partial charge in [-0.1, -0.05) is 60.0 Å². The molecule has 0 spiro atoms. The maximum absolute atomic E-state index is 12.9. The summed E-state index contributed by atoms with van der Waals surface area (Å²) in [5.41, 5.74) is 2.66. The van der Waals surface area contributed by atoms with Gasteiger partial charge in [0.1, 0.15) is 0 Å². The highest BCUT2D eigenvalue weighted by Gasteiger charge is 2.33. The molecule has 1 N–H and O–H groups in total. The molecule has 0 heterocycles. The number of hydrogen-bond donors (Lipinski definition) is 1. The van der Waals surface area contributed by atoms with Crippen LogP contribution in [-0.2, 0) is 0 Å². The van der Waals surface area contributed by atoms with Gasteiger partial charge in [-0.05, 0) is 18.6 Å². The molecule has 0 saturated heterocycles. The van der Waals surface area contributed by atoms with Crippen molar-refractivity contribution in [3.8, 4) is 0 Å². The number of benzene rings is 2. The lowest BCUT2D eigenvalue weighted by atomic mass is 9.83. The molecule has 0 saturated carbocycles. The van der Waals surface area contributed by atoms with Gasteiger partial charge < -0.3 is 5.32 Å². The molecule has 0 radical (unpaired) electrons. The highest BCUT2D eigenvalue weighted by atomic mass is 79.9. The number of nitrogens with one attached hydrogen (secondary N) is 1. The summed E-state index contributed by atoms with van der Waals surface area (Å²) in [7, 11) is 0. The van der Waals surface area contributed by atoms with Gasteiger partial charge in [-0.2, -0.15) is 0 Å². The second kappa shape index (κ2) is 6.67. The van der Waals surface area contributed by atoms with E-state index in [2.05, 4.69) is 28.2 Å². The Morgan fingerprint density at radius 3 is 2.22 bits per heavy atom. The highest BCUT2D eigenvalue weighted by molar-refractivity contribution is 9.10. The van der Waals surface area contributed by atoms with Crippen molar-refractivity contribution in [3.63, 3.8) is 0 Å². The first kappa shape index (κ1) is 15.9. The van der Waals surface area contributed by atoms with Gasteiger partial charge in [-0.3, -0.25) is 9.59 Å². The molecule has 0 unspecified atom stereocenters. The number of rotatable bonds is 5. The van der Waals surface area contributed by atoms with Crippen LogP contribution in [-0.4, -0.2) is 18.1 Å². The van der Waals surface area contributed by atoms with Gasteiger partial charge >= 0.3 is 0 Å². The summed E-state index contributed by atoms with van der Waals surface area (Å²) in [6, 6.07) is 10.7. The van der Waals surface area contributed by atoms with Crippen LogP contribution in [0.3, 0.4) is 0 Å². The normalized spacial score (nSPS) is 12.8. The van der Waals surface area contributed by atoms with Crippen molar-refractivity contribution >= 4 is 33.2 Å². The Morgan fingerprint density at radius 1 is 0.913 bits per heavy atom. The molecule has 0 fully saturated rings. The summed E-state index contributed by atoms with van der Waals surface area (Å²) in [4.78, 5) is 25.7. The third kappa shape index (κ3) is 2.83. The number of fused-ring (bicyclic) bond motifs is 2. The molecule has 3 rings (SSSR count). The molecule has 4 heteroatoms. The van der Waals surface area contributed by atoms with Crippen molar-refractivity contribution in [1.29, 1.82) is 0 Å². The van der Waals surface area contributed by atoms with E-state index >= 15 is 0 Å². The zero-order chi connectivity index (χ0) is 16.4. The number of hydrogen-bond acceptors (Lipinski definition) is 3. The lowest BCUT2D eigenvalue weighted by Gasteiger charge is -2.22. The van der Waals surface area contributed by atoms with Crippen molar-refractivity contribution < 1.29 is 9.59 Å². The van der Waals surface area contributed by atoms with Crippen molar-refractivity contribution in [3.05, 3.63) is 63.1 Å². The van der Waals surface area contributed by atoms with Gasteiger partial charge in [-0.25, -0.2) is 0 Å². The van der Waals surface area contributed by atoms with E-state index in [-0.39, 0.29) is 11.6 Å². The number of unbranched alkanes of at least 4 members (excludes halogenated alkanes) is 2. The quantitative estimate of drug-likeness (QED) is 0.653. The number of carbonyl (C=O) groups is 2. The fourth-order valence-electron chi connectivity index (χ4n) is 2.93. The molecule has 1 aliphatic carbocycles. The van der Waals surface area contributed by atoms with Crippen LogP contribution >= 0.6 is 15.9 Å². The molecule has 118 valence electrons. The van der Waals surface area contributed by atoms with Crippen LogP contribution in [0.4, 0.5) is 5.69 Å². The molecule has 2 aromatic rings. The van der Waals surface area contributed by atoms with E-state index in [1.165, 1.54) is 0 Å². The van der Waals surface area contributed by atoms with E-state index in [4.69, 9.17) is 0 Å². The van der Waals surface area contributed by atoms with Gasteiger partial charge in [0.2, 0.25) is 0 Å². The van der Waals surface area contributed by atoms with Gasteiger partial charge in [0, 0.05) is 33.4 Å². The number of halogens is 1. The SMILES string of the molecule is CCCCCNc1ccc(Br)c2c1C(=O)c1ccccc1C2=O. The van der Waals surface area contributed by atoms with Gasteiger partial charge in [0.15, 0.2) is 11.6 Å². The van der Waals surface area contributed by atoms with Gasteiger partial charge in [0.25, 0.3) is 0 Å². The predicted molar refractivity (Wildman–Crippen MR) is 95.5 cm³/mol. The zero-order valence-electron chi connectivity index (χ0n) is 13.0. The minimum Gasteiger partial charge on any atom is -0.384 e. The molecule has 0 bridgehead atoms. The van der Waals surface area contributed by atoms with E-state index in [0.717, 1.165) is 31.5 Å². The Bertz CT molecular complexity index is 783. The Labute approximate surface area is 144 Å². The zero-order valence-corrected chi connectivity index (χ0v) is 14.6. The molecular formula is C19H18BrNO2. The van der Waals surface area contributed by atoms with Crippen molar-refractivity contribution in [2.24, 2.45) is 0 Å². The molecule has 0 amide bonds. The summed E-state index contributed by atoms with van der Waals surface area (Å²) in [6.45, 7) is 2.95. The highest BCUT2D eigenvalue weighted by Crippen LogP contribution is 2.36. The molecule has 1 aliphatic rings. The summed E-state index contributed by atoms with van der Waals surface area (Å²) < 4.78 is 0.666. The molecule has 0 aliphatic heterocycles. The van der Waals surface area contributed by atoms with Gasteiger partial charge in [-0.15, -0.1) is 0 Å². The first-order valence-corrected chi connectivity index (χ1v) is 8.69. The Morgan fingerprint density at radius 2 is 1.57 bits per heavy atom. The molecule has 0 atom stereocenters. The number of ketones is 2. The summed E-state index contributed by atoms with van der Waals surface area (Å²) in [5.74, 6) is -0.186. The average Bonchev–Trinajstić information content (AvgIpc) is 2.57. The molecule has 23 heavy (non-hydrogen) atoms. The van der Waals surface area contributed by atoms with E-state index in [9.17, 15) is 9.59 Å². The second-order valence-electron chi connectivity index (χ2n) is 5.68. The van der Waals surface area contributed by atoms with Crippen molar-refractivity contribution in [1.82, 2.24) is 0 Å². The van der Waals surface area contributed by atoms with Crippen LogP contribution in [0.1, 0.15) is 58.0 Å². The second-order valence-corrected chi connectivity index (χ2v) is 6.54. The topological polar surface area (TPSA) is 46.2 Å². The summed E-state index contributed by atoms with van der Waals surface area (Å²) in [6.07, 6.45) is 3.33. The first-order chi connectivity index (χ1) is 11.1. The van der Waals surface area contributed by atoms with Gasteiger partial charge in [0.05, 0.1) is 5.56 Å². The third-order valence-corrected chi connectivity index (χ3v) is 4.78. The Hall–Kier alpha value is -1.94. The smallest absolute Gasteiger partial charge is 0.196 e. The molecular weight excluding hydrogens is 354 g/mol. The summed E-state index contributed by atoms with van der Waals surface area (Å²) in [5, 5.41) is 3.32. The lowest BCUT2D eigenvalue weighted by molar-refractivity contribution is 0.0979. The number of carbonyl (C=O) groups excluding carboxylic acids is 2.